The molecule has 4 aromatic rings. The lowest BCUT2D eigenvalue weighted by atomic mass is 9.85. The van der Waals surface area contributed by atoms with Gasteiger partial charge >= 0.3 is 0 Å². The maximum absolute atomic E-state index is 13.2. The van der Waals surface area contributed by atoms with Gasteiger partial charge in [0.1, 0.15) is 5.60 Å². The summed E-state index contributed by atoms with van der Waals surface area (Å²) in [5, 5.41) is 6.13. The normalized spacial score (nSPS) is 15.0. The molecule has 1 aliphatic carbocycles. The lowest BCUT2D eigenvalue weighted by Crippen LogP contribution is -2.30. The average Bonchev–Trinajstić information content (AvgIpc) is 3.54. The van der Waals surface area contributed by atoms with E-state index in [1.54, 1.807) is 52.2 Å². The number of thiazole rings is 1. The van der Waals surface area contributed by atoms with Gasteiger partial charge in [0, 0.05) is 34.8 Å². The minimum Gasteiger partial charge on any atom is -0.461 e. The summed E-state index contributed by atoms with van der Waals surface area (Å²) in [4.78, 5) is 25.9. The molecule has 41 heavy (non-hydrogen) atoms. The number of ether oxygens (including phenoxy) is 1. The summed E-state index contributed by atoms with van der Waals surface area (Å²) in [6.45, 7) is 7.55. The molecule has 10 nitrogen and oxygen atoms in total. The van der Waals surface area contributed by atoms with E-state index in [0.717, 1.165) is 40.8 Å². The van der Waals surface area contributed by atoms with Gasteiger partial charge in [-0.1, -0.05) is 43.3 Å². The van der Waals surface area contributed by atoms with Crippen molar-refractivity contribution < 1.29 is 22.5 Å². The van der Waals surface area contributed by atoms with Gasteiger partial charge in [-0.2, -0.15) is 4.98 Å². The molecule has 0 bridgehead atoms. The minimum absolute atomic E-state index is 0.217. The van der Waals surface area contributed by atoms with Gasteiger partial charge in [-0.15, -0.1) is 11.3 Å². The van der Waals surface area contributed by atoms with Crippen molar-refractivity contribution in [1.82, 2.24) is 24.8 Å². The van der Waals surface area contributed by atoms with Crippen LogP contribution < -0.4 is 4.72 Å². The Kier molecular flexibility index (Phi) is 8.53. The second kappa shape index (κ2) is 11.9. The molecule has 0 radical (unpaired) electrons. The zero-order valence-electron chi connectivity index (χ0n) is 23.7. The Morgan fingerprint density at radius 1 is 1.15 bits per heavy atom. The van der Waals surface area contributed by atoms with Crippen LogP contribution in [-0.4, -0.2) is 46.6 Å². The van der Waals surface area contributed by atoms with E-state index in [1.807, 2.05) is 6.07 Å². The molecule has 1 saturated carbocycles. The highest BCUT2D eigenvalue weighted by Crippen LogP contribution is 2.41. The molecule has 3 aromatic heterocycles. The molecule has 0 unspecified atom stereocenters. The van der Waals surface area contributed by atoms with Crippen molar-refractivity contribution in [2.45, 2.75) is 89.2 Å². The molecule has 218 valence electrons. The number of carbonyl (C=O) groups is 1. The van der Waals surface area contributed by atoms with Crippen LogP contribution in [0, 0.1) is 5.92 Å². The first kappa shape index (κ1) is 29.3. The van der Waals surface area contributed by atoms with Gasteiger partial charge in [-0.05, 0) is 52.2 Å². The third-order valence-corrected chi connectivity index (χ3v) is 10.1. The van der Waals surface area contributed by atoms with Gasteiger partial charge < -0.3 is 9.26 Å². The van der Waals surface area contributed by atoms with E-state index in [4.69, 9.17) is 14.2 Å². The summed E-state index contributed by atoms with van der Waals surface area (Å²) in [7, 11) is -3.73. The van der Waals surface area contributed by atoms with Crippen LogP contribution in [0.5, 0.6) is 0 Å². The van der Waals surface area contributed by atoms with Crippen LogP contribution in [0.4, 0.5) is 0 Å². The van der Waals surface area contributed by atoms with E-state index in [9.17, 15) is 13.2 Å². The Morgan fingerprint density at radius 3 is 2.66 bits per heavy atom. The van der Waals surface area contributed by atoms with Gasteiger partial charge in [-0.3, -0.25) is 9.78 Å². The van der Waals surface area contributed by atoms with Crippen LogP contribution in [0.15, 0.2) is 40.0 Å². The number of pyridine rings is 1. The van der Waals surface area contributed by atoms with Crippen LogP contribution in [0.25, 0.3) is 32.0 Å². The third-order valence-electron chi connectivity index (χ3n) is 7.21. The molecule has 5 rings (SSSR count). The standard InChI is InChI=1S/C29H35N5O5S2/c1-18(2)34-41(36,37)24-11-10-21(22-16-30-13-12-20(22)24)26-23(14-19-8-6-5-7-9-19)31-28(40-26)27-32-25(39-33-27)15-29(3,4)38-17-35/h10-13,16-19,34H,5-9,14-15H2,1-4H3. The Hall–Kier alpha value is -3.22. The predicted molar refractivity (Wildman–Crippen MR) is 157 cm³/mol. The number of sulfonamides is 1. The topological polar surface area (TPSA) is 137 Å². The van der Waals surface area contributed by atoms with Gasteiger partial charge in [0.2, 0.25) is 21.7 Å². The number of aromatic nitrogens is 4. The molecule has 12 heteroatoms. The van der Waals surface area contributed by atoms with Crippen LogP contribution in [0.3, 0.4) is 0 Å². The molecule has 1 aromatic carbocycles. The fraction of sp³-hybridized carbons (Fsp3) is 0.483. The number of hydrogen-bond donors (Lipinski definition) is 1. The Bertz CT molecular complexity index is 1640. The SMILES string of the molecule is CC(C)NS(=O)(=O)c1ccc(-c2sc(-c3noc(CC(C)(C)OC=O)n3)nc2CC2CCCCC2)c2cnccc12. The van der Waals surface area contributed by atoms with E-state index in [2.05, 4.69) is 19.8 Å². The summed E-state index contributed by atoms with van der Waals surface area (Å²) in [5.74, 6) is 1.24. The van der Waals surface area contributed by atoms with Crippen LogP contribution >= 0.6 is 11.3 Å². The molecule has 1 aliphatic rings. The first-order valence-electron chi connectivity index (χ1n) is 13.9. The molecule has 0 atom stereocenters. The maximum atomic E-state index is 13.2. The Morgan fingerprint density at radius 2 is 1.93 bits per heavy atom. The quantitative estimate of drug-likeness (QED) is 0.215. The molecule has 3 heterocycles. The van der Waals surface area contributed by atoms with Crippen LogP contribution in [0.2, 0.25) is 0 Å². The number of hydrogen-bond acceptors (Lipinski definition) is 10. The lowest BCUT2D eigenvalue weighted by Gasteiger charge is -2.21. The molecule has 0 amide bonds. The zero-order valence-corrected chi connectivity index (χ0v) is 25.3. The van der Waals surface area contributed by atoms with Gasteiger partial charge in [0.15, 0.2) is 5.01 Å². The van der Waals surface area contributed by atoms with Crippen LogP contribution in [-0.2, 0) is 32.4 Å². The minimum atomic E-state index is -3.73. The Labute approximate surface area is 244 Å². The van der Waals surface area contributed by atoms with Crippen molar-refractivity contribution in [2.24, 2.45) is 5.92 Å². The second-order valence-electron chi connectivity index (χ2n) is 11.5. The summed E-state index contributed by atoms with van der Waals surface area (Å²) in [6, 6.07) is 5.01. The maximum Gasteiger partial charge on any atom is 0.293 e. The number of rotatable bonds is 11. The largest absolute Gasteiger partial charge is 0.461 e. The second-order valence-corrected chi connectivity index (χ2v) is 14.2. The van der Waals surface area contributed by atoms with E-state index in [1.165, 1.54) is 30.6 Å². The fourth-order valence-corrected chi connectivity index (χ4v) is 7.90. The number of nitrogens with one attached hydrogen (secondary N) is 1. The smallest absolute Gasteiger partial charge is 0.293 e. The molecule has 1 N–H and O–H groups in total. The van der Waals surface area contributed by atoms with Gasteiger partial charge in [0.05, 0.1) is 21.9 Å². The van der Waals surface area contributed by atoms with E-state index in [0.29, 0.717) is 34.5 Å². The number of nitrogens with zero attached hydrogens (tertiary/aromatic N) is 4. The summed E-state index contributed by atoms with van der Waals surface area (Å²) in [6.07, 6.45) is 10.4. The van der Waals surface area contributed by atoms with E-state index >= 15 is 0 Å². The monoisotopic (exact) mass is 597 g/mol. The molecule has 0 spiro atoms. The van der Waals surface area contributed by atoms with E-state index < -0.39 is 15.6 Å². The third kappa shape index (κ3) is 6.65. The van der Waals surface area contributed by atoms with Crippen LogP contribution in [0.1, 0.15) is 71.4 Å². The summed E-state index contributed by atoms with van der Waals surface area (Å²) in [5.41, 5.74) is 1.02. The Balaban J connectivity index is 1.59. The molecule has 0 aliphatic heterocycles. The number of carbonyl (C=O) groups excluding carboxylic acids is 1. The highest BCUT2D eigenvalue weighted by Gasteiger charge is 2.27. The lowest BCUT2D eigenvalue weighted by molar-refractivity contribution is -0.140. The zero-order chi connectivity index (χ0) is 29.2. The molecule has 0 saturated heterocycles. The van der Waals surface area contributed by atoms with Crippen molar-refractivity contribution in [3.63, 3.8) is 0 Å². The summed E-state index contributed by atoms with van der Waals surface area (Å²) >= 11 is 1.46. The fourth-order valence-electron chi connectivity index (χ4n) is 5.38. The van der Waals surface area contributed by atoms with E-state index in [-0.39, 0.29) is 17.4 Å². The number of benzene rings is 1. The first-order chi connectivity index (χ1) is 19.6. The van der Waals surface area contributed by atoms with Gasteiger partial charge in [0.25, 0.3) is 6.47 Å². The molecular weight excluding hydrogens is 562 g/mol. The molecular formula is C29H35N5O5S2. The predicted octanol–water partition coefficient (Wildman–Crippen LogP) is 5.71. The number of fused-ring (bicyclic) bond motifs is 1. The average molecular weight is 598 g/mol. The van der Waals surface area contributed by atoms with Crippen molar-refractivity contribution in [3.8, 4) is 21.3 Å². The van der Waals surface area contributed by atoms with Gasteiger partial charge in [-0.25, -0.2) is 18.1 Å². The molecule has 1 fully saturated rings. The van der Waals surface area contributed by atoms with Crippen molar-refractivity contribution in [2.75, 3.05) is 0 Å². The van der Waals surface area contributed by atoms with Crippen molar-refractivity contribution in [3.05, 3.63) is 42.2 Å². The highest BCUT2D eigenvalue weighted by atomic mass is 32.2. The summed E-state index contributed by atoms with van der Waals surface area (Å²) < 4.78 is 39.7. The first-order valence-corrected chi connectivity index (χ1v) is 16.2. The highest BCUT2D eigenvalue weighted by molar-refractivity contribution is 7.89. The van der Waals surface area contributed by atoms with Crippen molar-refractivity contribution >= 4 is 38.6 Å². The van der Waals surface area contributed by atoms with Crippen molar-refractivity contribution in [1.29, 1.82) is 0 Å².